The molecule has 0 amide bonds. The average molecular weight is 655 g/mol. The molecular formula is C42H61FN5+. The molecule has 0 N–H and O–H groups in total. The van der Waals surface area contributed by atoms with Crippen molar-refractivity contribution in [2.45, 2.75) is 154 Å². The molecule has 6 heteroatoms. The molecule has 2 heterocycles. The minimum atomic E-state index is -0.180. The first-order valence-electron chi connectivity index (χ1n) is 19.5. The van der Waals surface area contributed by atoms with Gasteiger partial charge in [0.25, 0.3) is 5.82 Å². The van der Waals surface area contributed by atoms with Crippen molar-refractivity contribution in [3.8, 4) is 22.6 Å². The van der Waals surface area contributed by atoms with Crippen LogP contribution in [0.3, 0.4) is 0 Å². The van der Waals surface area contributed by atoms with Crippen molar-refractivity contribution < 1.29 is 9.07 Å². The summed E-state index contributed by atoms with van der Waals surface area (Å²) in [5, 5.41) is 0. The third kappa shape index (κ3) is 5.71. The highest BCUT2D eigenvalue weighted by atomic mass is 19.1. The maximum atomic E-state index is 16.2. The van der Waals surface area contributed by atoms with Gasteiger partial charge in [0.2, 0.25) is 0 Å². The maximum Gasteiger partial charge on any atom is 0.297 e. The summed E-state index contributed by atoms with van der Waals surface area (Å²) < 4.78 is 20.5. The van der Waals surface area contributed by atoms with E-state index < -0.39 is 0 Å². The Kier molecular flexibility index (Phi) is 9.03. The molecule has 4 bridgehead atoms. The molecule has 1 unspecified atom stereocenters. The zero-order valence-corrected chi connectivity index (χ0v) is 31.2. The van der Waals surface area contributed by atoms with Gasteiger partial charge in [0.15, 0.2) is 5.82 Å². The zero-order chi connectivity index (χ0) is 34.0. The van der Waals surface area contributed by atoms with Crippen LogP contribution in [0.15, 0.2) is 24.3 Å². The molecule has 9 rings (SSSR count). The Bertz CT molecular complexity index is 1610. The summed E-state index contributed by atoms with van der Waals surface area (Å²) >= 11 is 0. The maximum absolute atomic E-state index is 16.2. The summed E-state index contributed by atoms with van der Waals surface area (Å²) in [5.41, 5.74) is 6.23. The van der Waals surface area contributed by atoms with Crippen LogP contribution in [0.4, 0.5) is 10.2 Å². The summed E-state index contributed by atoms with van der Waals surface area (Å²) in [6.45, 7) is 13.2. The van der Waals surface area contributed by atoms with Gasteiger partial charge in [-0.1, -0.05) is 26.2 Å². The highest BCUT2D eigenvalue weighted by molar-refractivity contribution is 5.73. The Labute approximate surface area is 289 Å². The standard InChI is InChI=1S/C42H61FN5/c1-9-10-11-32-26-42(20-15-31(32)16-21-42)38-25-37(41-17-12-30(13-18-41)14-19-41)44-40(45-38)33-22-34(29(6)35(43)23-33)36-24-39(47(8)46(36)7)48(27(2)3)28(4)5/h22-25,27-28,30-32H,9-21,26H2,1-8H3/q+1. The Morgan fingerprint density at radius 1 is 0.896 bits per heavy atom. The number of hydrogen-bond acceptors (Lipinski definition) is 3. The van der Waals surface area contributed by atoms with Crippen molar-refractivity contribution in [1.29, 1.82) is 0 Å². The average Bonchev–Trinajstić information content (AvgIpc) is 3.38. The lowest BCUT2D eigenvalue weighted by molar-refractivity contribution is -0.739. The summed E-state index contributed by atoms with van der Waals surface area (Å²) in [6, 6.07) is 9.30. The van der Waals surface area contributed by atoms with Crippen LogP contribution >= 0.6 is 0 Å². The number of halogens is 1. The molecule has 0 aliphatic heterocycles. The van der Waals surface area contributed by atoms with E-state index >= 15 is 4.39 Å². The van der Waals surface area contributed by atoms with Crippen molar-refractivity contribution in [2.24, 2.45) is 31.8 Å². The van der Waals surface area contributed by atoms with Gasteiger partial charge in [0.05, 0.1) is 35.2 Å². The Hall–Kier alpha value is -2.76. The Balaban J connectivity index is 1.36. The summed E-state index contributed by atoms with van der Waals surface area (Å²) in [6.07, 6.45) is 18.0. The van der Waals surface area contributed by atoms with Crippen LogP contribution in [0.25, 0.3) is 22.6 Å². The lowest BCUT2D eigenvalue weighted by Gasteiger charge is -2.51. The topological polar surface area (TPSA) is 37.8 Å². The lowest BCUT2D eigenvalue weighted by atomic mass is 9.54. The van der Waals surface area contributed by atoms with E-state index in [1.807, 2.05) is 6.92 Å². The van der Waals surface area contributed by atoms with Crippen molar-refractivity contribution in [3.05, 3.63) is 47.0 Å². The van der Waals surface area contributed by atoms with E-state index in [0.717, 1.165) is 46.2 Å². The second-order valence-electron chi connectivity index (χ2n) is 17.1. The number of fused-ring (bicyclic) bond motifs is 6. The van der Waals surface area contributed by atoms with E-state index in [1.165, 1.54) is 101 Å². The fourth-order valence-electron chi connectivity index (χ4n) is 10.8. The molecule has 0 saturated heterocycles. The predicted octanol–water partition coefficient (Wildman–Crippen LogP) is 9.90. The number of hydrogen-bond donors (Lipinski definition) is 0. The third-order valence-electron chi connectivity index (χ3n) is 13.8. The molecule has 5 nitrogen and oxygen atoms in total. The van der Waals surface area contributed by atoms with Gasteiger partial charge in [-0.15, -0.1) is 0 Å². The highest BCUT2D eigenvalue weighted by Crippen LogP contribution is 2.57. The van der Waals surface area contributed by atoms with E-state index in [1.54, 1.807) is 6.07 Å². The highest BCUT2D eigenvalue weighted by Gasteiger charge is 2.49. The minimum Gasteiger partial charge on any atom is -0.256 e. The number of aromatic nitrogens is 4. The van der Waals surface area contributed by atoms with Gasteiger partial charge in [0, 0.05) is 29.0 Å². The summed E-state index contributed by atoms with van der Waals surface area (Å²) in [7, 11) is 4.19. The van der Waals surface area contributed by atoms with Crippen molar-refractivity contribution in [1.82, 2.24) is 14.6 Å². The molecule has 6 aliphatic carbocycles. The molecule has 48 heavy (non-hydrogen) atoms. The lowest BCUT2D eigenvalue weighted by Crippen LogP contribution is -2.48. The van der Waals surface area contributed by atoms with Crippen LogP contribution in [0, 0.1) is 30.5 Å². The smallest absolute Gasteiger partial charge is 0.256 e. The molecule has 260 valence electrons. The normalized spacial score (nSPS) is 28.2. The van der Waals surface area contributed by atoms with E-state index in [4.69, 9.17) is 9.97 Å². The number of benzene rings is 1. The van der Waals surface area contributed by atoms with Crippen molar-refractivity contribution >= 4 is 5.82 Å². The van der Waals surface area contributed by atoms with E-state index in [-0.39, 0.29) is 16.6 Å². The SMILES string of the molecule is CCCCC1CC2(c3cc(C45CCC(CC4)CC5)nc(-c4cc(F)c(C)c(-c5cc(N(C(C)C)C(C)C)[n+](C)n5C)c4)n3)CCC1CC2. The number of nitrogens with zero attached hydrogens (tertiary/aromatic N) is 5. The van der Waals surface area contributed by atoms with E-state index in [2.05, 4.69) is 81.2 Å². The molecule has 6 fully saturated rings. The summed E-state index contributed by atoms with van der Waals surface area (Å²) in [5.74, 6) is 4.29. The number of rotatable bonds is 10. The largest absolute Gasteiger partial charge is 0.297 e. The van der Waals surface area contributed by atoms with Gasteiger partial charge in [-0.3, -0.25) is 4.90 Å². The predicted molar refractivity (Wildman–Crippen MR) is 195 cm³/mol. The molecule has 3 aromatic rings. The molecule has 1 atom stereocenters. The number of anilines is 1. The van der Waals surface area contributed by atoms with Crippen LogP contribution < -0.4 is 9.58 Å². The fourth-order valence-corrected chi connectivity index (χ4v) is 10.8. The summed E-state index contributed by atoms with van der Waals surface area (Å²) in [4.78, 5) is 13.4. The first kappa shape index (κ1) is 33.7. The Morgan fingerprint density at radius 2 is 1.50 bits per heavy atom. The van der Waals surface area contributed by atoms with Gasteiger partial charge >= 0.3 is 0 Å². The first-order valence-corrected chi connectivity index (χ1v) is 19.5. The third-order valence-corrected chi connectivity index (χ3v) is 13.8. The molecule has 0 radical (unpaired) electrons. The second kappa shape index (κ2) is 12.8. The Morgan fingerprint density at radius 3 is 2.10 bits per heavy atom. The molecule has 0 spiro atoms. The zero-order valence-electron chi connectivity index (χ0n) is 31.2. The molecule has 2 aromatic heterocycles. The second-order valence-corrected chi connectivity index (χ2v) is 17.1. The molecule has 6 saturated carbocycles. The van der Waals surface area contributed by atoms with E-state index in [9.17, 15) is 0 Å². The molecular weight excluding hydrogens is 593 g/mol. The fraction of sp³-hybridized carbons (Fsp3) is 0.690. The quantitative estimate of drug-likeness (QED) is 0.204. The van der Waals surface area contributed by atoms with Crippen LogP contribution in [-0.4, -0.2) is 26.7 Å². The molecule has 6 aliphatic rings. The van der Waals surface area contributed by atoms with Crippen LogP contribution in [0.2, 0.25) is 0 Å². The monoisotopic (exact) mass is 654 g/mol. The van der Waals surface area contributed by atoms with E-state index in [0.29, 0.717) is 17.6 Å². The van der Waals surface area contributed by atoms with Gasteiger partial charge in [-0.2, -0.15) is 4.68 Å². The van der Waals surface area contributed by atoms with Gasteiger partial charge in [0.1, 0.15) is 12.9 Å². The van der Waals surface area contributed by atoms with Gasteiger partial charge < -0.3 is 0 Å². The number of unbranched alkanes of at least 4 members (excludes halogenated alkanes) is 1. The van der Waals surface area contributed by atoms with Gasteiger partial charge in [-0.05, 0) is 147 Å². The van der Waals surface area contributed by atoms with Crippen molar-refractivity contribution in [3.63, 3.8) is 0 Å². The van der Waals surface area contributed by atoms with Crippen LogP contribution in [0.1, 0.15) is 141 Å². The van der Waals surface area contributed by atoms with Gasteiger partial charge in [-0.25, -0.2) is 19.0 Å². The first-order chi connectivity index (χ1) is 22.9. The molecule has 1 aromatic carbocycles. The van der Waals surface area contributed by atoms with Crippen molar-refractivity contribution in [2.75, 3.05) is 4.90 Å². The minimum absolute atomic E-state index is 0.131. The van der Waals surface area contributed by atoms with Crippen LogP contribution in [-0.2, 0) is 24.9 Å². The van der Waals surface area contributed by atoms with Crippen LogP contribution in [0.5, 0.6) is 0 Å².